The lowest BCUT2D eigenvalue weighted by molar-refractivity contribution is -0.116. The Balaban J connectivity index is 1.38. The van der Waals surface area contributed by atoms with Gasteiger partial charge in [-0.05, 0) is 12.1 Å². The van der Waals surface area contributed by atoms with Crippen LogP contribution in [0.15, 0.2) is 36.7 Å². The van der Waals surface area contributed by atoms with Gasteiger partial charge in [-0.15, -0.1) is 0 Å². The molecule has 0 unspecified atom stereocenters. The first-order chi connectivity index (χ1) is 13.1. The fourth-order valence-corrected chi connectivity index (χ4v) is 3.04. The number of nitrogens with one attached hydrogen (secondary N) is 1. The Hall–Kier alpha value is -3.33. The van der Waals surface area contributed by atoms with E-state index in [0.717, 1.165) is 4.90 Å². The van der Waals surface area contributed by atoms with E-state index in [1.54, 1.807) is 24.3 Å². The summed E-state index contributed by atoms with van der Waals surface area (Å²) in [6.07, 6.45) is 3.00. The van der Waals surface area contributed by atoms with E-state index in [9.17, 15) is 14.4 Å². The summed E-state index contributed by atoms with van der Waals surface area (Å²) in [4.78, 5) is 48.3. The highest BCUT2D eigenvalue weighted by atomic mass is 16.5. The molecule has 0 spiro atoms. The first-order valence-electron chi connectivity index (χ1n) is 8.53. The molecule has 9 heteroatoms. The van der Waals surface area contributed by atoms with Crippen molar-refractivity contribution >= 4 is 29.4 Å². The van der Waals surface area contributed by atoms with Crippen LogP contribution in [-0.4, -0.2) is 65.4 Å². The first kappa shape index (κ1) is 17.1. The van der Waals surface area contributed by atoms with Crippen LogP contribution >= 0.6 is 0 Å². The molecule has 9 nitrogen and oxygen atoms in total. The molecule has 0 atom stereocenters. The minimum absolute atomic E-state index is 0.313. The molecule has 1 aromatic heterocycles. The topological polar surface area (TPSA) is 105 Å². The zero-order valence-electron chi connectivity index (χ0n) is 14.4. The van der Waals surface area contributed by atoms with Gasteiger partial charge in [0.2, 0.25) is 11.9 Å². The van der Waals surface area contributed by atoms with Crippen molar-refractivity contribution in [3.8, 4) is 0 Å². The molecule has 27 heavy (non-hydrogen) atoms. The quantitative estimate of drug-likeness (QED) is 0.787. The normalized spacial score (nSPS) is 16.4. The Kier molecular flexibility index (Phi) is 4.51. The molecule has 0 bridgehead atoms. The van der Waals surface area contributed by atoms with Gasteiger partial charge in [-0.25, -0.2) is 9.97 Å². The number of rotatable bonds is 4. The third-order valence-corrected chi connectivity index (χ3v) is 4.40. The second-order valence-corrected chi connectivity index (χ2v) is 6.16. The molecule has 2 aliphatic rings. The Morgan fingerprint density at radius 3 is 2.22 bits per heavy atom. The van der Waals surface area contributed by atoms with Crippen molar-refractivity contribution in [3.05, 3.63) is 47.8 Å². The number of aromatic nitrogens is 2. The number of imide groups is 1. The van der Waals surface area contributed by atoms with E-state index >= 15 is 0 Å². The standard InChI is InChI=1S/C18H17N5O4/c24-15(11-23-16(25)13-3-1-2-4-14(13)17(23)26)21-12-9-19-18(20-10-12)22-5-7-27-8-6-22/h1-4,9-10H,5-8,11H2,(H,21,24). The van der Waals surface area contributed by atoms with Crippen LogP contribution < -0.4 is 10.2 Å². The lowest BCUT2D eigenvalue weighted by Gasteiger charge is -2.26. The van der Waals surface area contributed by atoms with Crippen molar-refractivity contribution in [1.29, 1.82) is 0 Å². The van der Waals surface area contributed by atoms with Crippen LogP contribution in [0.5, 0.6) is 0 Å². The van der Waals surface area contributed by atoms with Crippen molar-refractivity contribution in [2.24, 2.45) is 0 Å². The summed E-state index contributed by atoms with van der Waals surface area (Å²) in [5.41, 5.74) is 1.02. The van der Waals surface area contributed by atoms with Crippen molar-refractivity contribution in [2.75, 3.05) is 43.1 Å². The Morgan fingerprint density at radius 2 is 1.63 bits per heavy atom. The highest BCUT2D eigenvalue weighted by Gasteiger charge is 2.36. The van der Waals surface area contributed by atoms with Crippen LogP contribution in [0.2, 0.25) is 0 Å². The second-order valence-electron chi connectivity index (χ2n) is 6.16. The summed E-state index contributed by atoms with van der Waals surface area (Å²) in [5.74, 6) is -0.863. The van der Waals surface area contributed by atoms with Crippen LogP contribution in [0.1, 0.15) is 20.7 Å². The number of hydrogen-bond acceptors (Lipinski definition) is 7. The van der Waals surface area contributed by atoms with Crippen LogP contribution in [0, 0.1) is 0 Å². The molecule has 3 heterocycles. The number of amides is 3. The number of carbonyl (C=O) groups excluding carboxylic acids is 3. The van der Waals surface area contributed by atoms with E-state index in [4.69, 9.17) is 4.74 Å². The van der Waals surface area contributed by atoms with E-state index in [-0.39, 0.29) is 6.54 Å². The molecule has 138 valence electrons. The van der Waals surface area contributed by atoms with E-state index in [2.05, 4.69) is 15.3 Å². The van der Waals surface area contributed by atoms with Crippen LogP contribution in [0.3, 0.4) is 0 Å². The number of carbonyl (C=O) groups is 3. The predicted molar refractivity (Wildman–Crippen MR) is 95.5 cm³/mol. The summed E-state index contributed by atoms with van der Waals surface area (Å²) in [6.45, 7) is 2.32. The average molecular weight is 367 g/mol. The molecule has 4 rings (SSSR count). The molecule has 3 amide bonds. The summed E-state index contributed by atoms with van der Waals surface area (Å²) in [6, 6.07) is 6.51. The largest absolute Gasteiger partial charge is 0.378 e. The lowest BCUT2D eigenvalue weighted by Crippen LogP contribution is -2.38. The van der Waals surface area contributed by atoms with Crippen LogP contribution in [0.25, 0.3) is 0 Å². The van der Waals surface area contributed by atoms with Gasteiger partial charge in [0.1, 0.15) is 6.54 Å². The zero-order valence-corrected chi connectivity index (χ0v) is 14.4. The molecule has 2 aliphatic heterocycles. The molecule has 2 aromatic rings. The van der Waals surface area contributed by atoms with Gasteiger partial charge >= 0.3 is 0 Å². The summed E-state index contributed by atoms with van der Waals surface area (Å²) in [7, 11) is 0. The van der Waals surface area contributed by atoms with Gasteiger partial charge in [-0.2, -0.15) is 0 Å². The van der Waals surface area contributed by atoms with Gasteiger partial charge in [-0.3, -0.25) is 19.3 Å². The van der Waals surface area contributed by atoms with Gasteiger partial charge in [0, 0.05) is 13.1 Å². The van der Waals surface area contributed by atoms with Gasteiger partial charge in [-0.1, -0.05) is 12.1 Å². The molecule has 1 N–H and O–H groups in total. The van der Waals surface area contributed by atoms with Gasteiger partial charge < -0.3 is 15.0 Å². The zero-order chi connectivity index (χ0) is 18.8. The third kappa shape index (κ3) is 3.36. The average Bonchev–Trinajstić information content (AvgIpc) is 2.94. The maximum atomic E-state index is 12.3. The molecule has 0 saturated carbocycles. The summed E-state index contributed by atoms with van der Waals surface area (Å²) < 4.78 is 5.29. The number of anilines is 2. The third-order valence-electron chi connectivity index (χ3n) is 4.40. The molecule has 1 saturated heterocycles. The Bertz CT molecular complexity index is 858. The minimum Gasteiger partial charge on any atom is -0.378 e. The summed E-state index contributed by atoms with van der Waals surface area (Å²) >= 11 is 0. The van der Waals surface area contributed by atoms with Crippen LogP contribution in [-0.2, 0) is 9.53 Å². The number of hydrogen-bond donors (Lipinski definition) is 1. The minimum atomic E-state index is -0.493. The number of benzene rings is 1. The van der Waals surface area contributed by atoms with Crippen molar-refractivity contribution in [2.45, 2.75) is 0 Å². The number of nitrogens with zero attached hydrogens (tertiary/aromatic N) is 4. The first-order valence-corrected chi connectivity index (χ1v) is 8.53. The van der Waals surface area contributed by atoms with Crippen molar-refractivity contribution in [3.63, 3.8) is 0 Å². The Morgan fingerprint density at radius 1 is 1.04 bits per heavy atom. The van der Waals surface area contributed by atoms with E-state index < -0.39 is 17.7 Å². The van der Waals surface area contributed by atoms with E-state index in [1.165, 1.54) is 12.4 Å². The van der Waals surface area contributed by atoms with Gasteiger partial charge in [0.15, 0.2) is 0 Å². The number of ether oxygens (including phenoxy) is 1. The molecule has 0 aliphatic carbocycles. The maximum absolute atomic E-state index is 12.3. The fourth-order valence-electron chi connectivity index (χ4n) is 3.04. The molecule has 1 fully saturated rings. The van der Waals surface area contributed by atoms with Crippen molar-refractivity contribution < 1.29 is 19.1 Å². The van der Waals surface area contributed by atoms with E-state index in [0.29, 0.717) is 49.1 Å². The molecule has 1 aromatic carbocycles. The van der Waals surface area contributed by atoms with Gasteiger partial charge in [0.05, 0.1) is 42.4 Å². The fraction of sp³-hybridized carbons (Fsp3) is 0.278. The molecular formula is C18H17N5O4. The highest BCUT2D eigenvalue weighted by molar-refractivity contribution is 6.22. The smallest absolute Gasteiger partial charge is 0.262 e. The number of morpholine rings is 1. The number of fused-ring (bicyclic) bond motifs is 1. The summed E-state index contributed by atoms with van der Waals surface area (Å²) in [5, 5.41) is 2.61. The maximum Gasteiger partial charge on any atom is 0.262 e. The van der Waals surface area contributed by atoms with Crippen molar-refractivity contribution in [1.82, 2.24) is 14.9 Å². The monoisotopic (exact) mass is 367 g/mol. The molecule has 0 radical (unpaired) electrons. The van der Waals surface area contributed by atoms with E-state index in [1.807, 2.05) is 4.90 Å². The SMILES string of the molecule is O=C(CN1C(=O)c2ccccc2C1=O)Nc1cnc(N2CCOCC2)nc1. The highest BCUT2D eigenvalue weighted by Crippen LogP contribution is 2.22. The molecular weight excluding hydrogens is 350 g/mol. The lowest BCUT2D eigenvalue weighted by atomic mass is 10.1. The second kappa shape index (κ2) is 7.12. The predicted octanol–water partition coefficient (Wildman–Crippen LogP) is 0.548. The van der Waals surface area contributed by atoms with Crippen LogP contribution in [0.4, 0.5) is 11.6 Å². The van der Waals surface area contributed by atoms with Gasteiger partial charge in [0.25, 0.3) is 11.8 Å². The Labute approximate surface area is 155 Å².